The zero-order chi connectivity index (χ0) is 22.9. The quantitative estimate of drug-likeness (QED) is 0.339. The van der Waals surface area contributed by atoms with Crippen molar-refractivity contribution in [3.63, 3.8) is 0 Å². The van der Waals surface area contributed by atoms with Crippen LogP contribution in [0.1, 0.15) is 39.5 Å². The first-order valence-electron chi connectivity index (χ1n) is 9.99. The number of aryl methyl sites for hydroxylation is 1. The standard InChI is InChI=1S/C25H22BrN3O3/c1-3-31-23-13-20(15-28-29-25(30)21-7-5-4-6-17(21)2)12-22(26)24(23)32-16-19-10-8-18(14-27)9-11-19/h4-13,15H,3,16H2,1-2H3,(H,29,30)/b28-15-. The van der Waals surface area contributed by atoms with Gasteiger partial charge >= 0.3 is 0 Å². The Kier molecular flexibility index (Phi) is 8.01. The van der Waals surface area contributed by atoms with E-state index in [1.54, 1.807) is 30.5 Å². The molecule has 3 aromatic carbocycles. The molecule has 32 heavy (non-hydrogen) atoms. The fourth-order valence-corrected chi connectivity index (χ4v) is 3.52. The molecule has 0 heterocycles. The number of amides is 1. The van der Waals surface area contributed by atoms with Crippen molar-refractivity contribution in [1.82, 2.24) is 5.43 Å². The summed E-state index contributed by atoms with van der Waals surface area (Å²) in [5.41, 5.74) is 6.27. The van der Waals surface area contributed by atoms with Gasteiger partial charge in [-0.3, -0.25) is 4.79 Å². The molecule has 0 radical (unpaired) electrons. The van der Waals surface area contributed by atoms with Gasteiger partial charge in [0.1, 0.15) is 6.61 Å². The number of carbonyl (C=O) groups is 1. The van der Waals surface area contributed by atoms with E-state index in [1.807, 2.05) is 50.2 Å². The summed E-state index contributed by atoms with van der Waals surface area (Å²) in [7, 11) is 0. The van der Waals surface area contributed by atoms with Crippen molar-refractivity contribution in [1.29, 1.82) is 5.26 Å². The Hall–Kier alpha value is -3.63. The van der Waals surface area contributed by atoms with E-state index in [1.165, 1.54) is 0 Å². The van der Waals surface area contributed by atoms with Gasteiger partial charge in [0, 0.05) is 5.56 Å². The van der Waals surface area contributed by atoms with E-state index in [2.05, 4.69) is 32.5 Å². The molecule has 0 fully saturated rings. The molecular formula is C25H22BrN3O3. The average molecular weight is 492 g/mol. The van der Waals surface area contributed by atoms with E-state index in [-0.39, 0.29) is 5.91 Å². The Morgan fingerprint density at radius 3 is 2.59 bits per heavy atom. The number of ether oxygens (including phenoxy) is 2. The molecular weight excluding hydrogens is 470 g/mol. The highest BCUT2D eigenvalue weighted by Gasteiger charge is 2.13. The van der Waals surface area contributed by atoms with Gasteiger partial charge in [0.2, 0.25) is 0 Å². The van der Waals surface area contributed by atoms with Crippen LogP contribution in [0, 0.1) is 18.3 Å². The van der Waals surface area contributed by atoms with E-state index in [9.17, 15) is 4.79 Å². The lowest BCUT2D eigenvalue weighted by Crippen LogP contribution is -2.18. The molecule has 0 bridgehead atoms. The minimum Gasteiger partial charge on any atom is -0.490 e. The van der Waals surface area contributed by atoms with E-state index in [0.29, 0.717) is 40.3 Å². The molecule has 1 N–H and O–H groups in total. The Morgan fingerprint density at radius 1 is 1.16 bits per heavy atom. The van der Waals surface area contributed by atoms with Crippen LogP contribution in [0.25, 0.3) is 0 Å². The minimum atomic E-state index is -0.272. The van der Waals surface area contributed by atoms with E-state index in [0.717, 1.165) is 16.7 Å². The van der Waals surface area contributed by atoms with E-state index >= 15 is 0 Å². The van der Waals surface area contributed by atoms with Crippen molar-refractivity contribution in [2.45, 2.75) is 20.5 Å². The molecule has 162 valence electrons. The number of hydrogen-bond acceptors (Lipinski definition) is 5. The molecule has 0 unspecified atom stereocenters. The number of hydrogen-bond donors (Lipinski definition) is 1. The summed E-state index contributed by atoms with van der Waals surface area (Å²) in [5, 5.41) is 13.0. The third-order valence-electron chi connectivity index (χ3n) is 4.57. The summed E-state index contributed by atoms with van der Waals surface area (Å²) in [6.45, 7) is 4.55. The molecule has 6 nitrogen and oxygen atoms in total. The molecule has 0 aliphatic heterocycles. The highest BCUT2D eigenvalue weighted by Crippen LogP contribution is 2.37. The Morgan fingerprint density at radius 2 is 1.91 bits per heavy atom. The second kappa shape index (κ2) is 11.1. The smallest absolute Gasteiger partial charge is 0.271 e. The van der Waals surface area contributed by atoms with Crippen molar-refractivity contribution in [2.24, 2.45) is 5.10 Å². The van der Waals surface area contributed by atoms with Crippen molar-refractivity contribution in [3.05, 3.63) is 93.0 Å². The van der Waals surface area contributed by atoms with E-state index < -0.39 is 0 Å². The van der Waals surface area contributed by atoms with Crippen molar-refractivity contribution in [2.75, 3.05) is 6.61 Å². The molecule has 0 aliphatic carbocycles. The number of nitrogens with zero attached hydrogens (tertiary/aromatic N) is 2. The van der Waals surface area contributed by atoms with Crippen LogP contribution in [0.2, 0.25) is 0 Å². The van der Waals surface area contributed by atoms with Gasteiger partial charge in [0.25, 0.3) is 5.91 Å². The molecule has 0 saturated carbocycles. The number of rotatable bonds is 8. The molecule has 0 aliphatic rings. The van der Waals surface area contributed by atoms with Crippen LogP contribution in [-0.2, 0) is 6.61 Å². The maximum Gasteiger partial charge on any atom is 0.271 e. The summed E-state index contributed by atoms with van der Waals surface area (Å²) >= 11 is 3.53. The van der Waals surface area contributed by atoms with Gasteiger partial charge in [-0.05, 0) is 76.8 Å². The third-order valence-corrected chi connectivity index (χ3v) is 5.16. The first-order valence-corrected chi connectivity index (χ1v) is 10.8. The summed E-state index contributed by atoms with van der Waals surface area (Å²) in [6.07, 6.45) is 1.55. The molecule has 0 atom stereocenters. The van der Waals surface area contributed by atoms with Crippen LogP contribution in [0.5, 0.6) is 11.5 Å². The molecule has 0 saturated heterocycles. The molecule has 3 rings (SSSR count). The summed E-state index contributed by atoms with van der Waals surface area (Å²) < 4.78 is 12.4. The van der Waals surface area contributed by atoms with Crippen molar-refractivity contribution in [3.8, 4) is 17.6 Å². The third kappa shape index (κ3) is 5.96. The minimum absolute atomic E-state index is 0.272. The fraction of sp³-hybridized carbons (Fsp3) is 0.160. The van der Waals surface area contributed by atoms with Gasteiger partial charge in [-0.1, -0.05) is 30.3 Å². The molecule has 0 spiro atoms. The van der Waals surface area contributed by atoms with Crippen molar-refractivity contribution < 1.29 is 14.3 Å². The van der Waals surface area contributed by atoms with Crippen LogP contribution in [0.15, 0.2) is 70.2 Å². The Labute approximate surface area is 195 Å². The Balaban J connectivity index is 1.72. The summed E-state index contributed by atoms with van der Waals surface area (Å²) in [4.78, 5) is 12.3. The lowest BCUT2D eigenvalue weighted by Gasteiger charge is -2.14. The molecule has 1 amide bonds. The fourth-order valence-electron chi connectivity index (χ4n) is 2.95. The number of halogens is 1. The first-order chi connectivity index (χ1) is 15.5. The maximum absolute atomic E-state index is 12.3. The summed E-state index contributed by atoms with van der Waals surface area (Å²) in [5.74, 6) is 0.852. The van der Waals surface area contributed by atoms with Crippen molar-refractivity contribution >= 4 is 28.1 Å². The Bertz CT molecular complexity index is 1170. The van der Waals surface area contributed by atoms with Gasteiger partial charge < -0.3 is 9.47 Å². The van der Waals surface area contributed by atoms with Crippen LogP contribution in [0.4, 0.5) is 0 Å². The normalized spacial score (nSPS) is 10.6. The van der Waals surface area contributed by atoms with Gasteiger partial charge in [-0.2, -0.15) is 10.4 Å². The largest absolute Gasteiger partial charge is 0.490 e. The molecule has 0 aromatic heterocycles. The predicted octanol–water partition coefficient (Wildman–Crippen LogP) is 5.37. The number of nitrogens with one attached hydrogen (secondary N) is 1. The second-order valence-electron chi connectivity index (χ2n) is 6.87. The maximum atomic E-state index is 12.3. The molecule has 3 aromatic rings. The number of hydrazone groups is 1. The highest BCUT2D eigenvalue weighted by molar-refractivity contribution is 9.10. The first kappa shape index (κ1) is 23.0. The van der Waals surface area contributed by atoms with Crippen LogP contribution >= 0.6 is 15.9 Å². The van der Waals surface area contributed by atoms with Gasteiger partial charge in [-0.25, -0.2) is 5.43 Å². The zero-order valence-corrected chi connectivity index (χ0v) is 19.3. The van der Waals surface area contributed by atoms with Gasteiger partial charge in [0.05, 0.1) is 28.9 Å². The lowest BCUT2D eigenvalue weighted by molar-refractivity contribution is 0.0954. The number of carbonyl (C=O) groups excluding carboxylic acids is 1. The van der Waals surface area contributed by atoms with Crippen LogP contribution < -0.4 is 14.9 Å². The SMILES string of the molecule is CCOc1cc(/C=N\NC(=O)c2ccccc2C)cc(Br)c1OCc1ccc(C#N)cc1. The molecule has 7 heteroatoms. The number of benzene rings is 3. The van der Waals surface area contributed by atoms with Crippen LogP contribution in [0.3, 0.4) is 0 Å². The van der Waals surface area contributed by atoms with E-state index in [4.69, 9.17) is 14.7 Å². The highest BCUT2D eigenvalue weighted by atomic mass is 79.9. The predicted molar refractivity (Wildman–Crippen MR) is 127 cm³/mol. The summed E-state index contributed by atoms with van der Waals surface area (Å²) in [6, 6.07) is 20.3. The number of nitriles is 1. The van der Waals surface area contributed by atoms with Gasteiger partial charge in [-0.15, -0.1) is 0 Å². The topological polar surface area (TPSA) is 83.7 Å². The lowest BCUT2D eigenvalue weighted by atomic mass is 10.1. The zero-order valence-electron chi connectivity index (χ0n) is 17.8. The van der Waals surface area contributed by atoms with Crippen LogP contribution in [-0.4, -0.2) is 18.7 Å². The monoisotopic (exact) mass is 491 g/mol. The second-order valence-corrected chi connectivity index (χ2v) is 7.73. The van der Waals surface area contributed by atoms with Gasteiger partial charge in [0.15, 0.2) is 11.5 Å². The average Bonchev–Trinajstić information content (AvgIpc) is 2.79.